The topological polar surface area (TPSA) is 237 Å². The molecule has 0 amide bonds. The molecule has 0 aliphatic rings. The summed E-state index contributed by atoms with van der Waals surface area (Å²) in [6, 6.07) is 0. The van der Waals surface area contributed by atoms with E-state index >= 15 is 0 Å². The molecule has 0 aromatic carbocycles. The van der Waals surface area contributed by atoms with Crippen LogP contribution >= 0.6 is 15.6 Å². The average Bonchev–Trinajstić information content (AvgIpc) is 1.01. The van der Waals surface area contributed by atoms with Gasteiger partial charge in [0.05, 0.1) is 26.4 Å². The summed E-state index contributed by atoms with van der Waals surface area (Å²) in [4.78, 5) is 73.1. The molecule has 0 heterocycles. The van der Waals surface area contributed by atoms with Gasteiger partial charge in [0.15, 0.2) is 12.2 Å². The van der Waals surface area contributed by atoms with Crippen molar-refractivity contribution in [2.45, 2.75) is 453 Å². The summed E-state index contributed by atoms with van der Waals surface area (Å²) in [6.45, 7) is 14.3. The van der Waals surface area contributed by atoms with E-state index in [2.05, 4.69) is 55.4 Å². The van der Waals surface area contributed by atoms with Crippen LogP contribution < -0.4 is 0 Å². The maximum absolute atomic E-state index is 13.1. The molecule has 0 bridgehead atoms. The second-order valence-corrected chi connectivity index (χ2v) is 34.8. The summed E-state index contributed by atoms with van der Waals surface area (Å²) in [5.41, 5.74) is 0. The van der Waals surface area contributed by atoms with Crippen LogP contribution in [-0.4, -0.2) is 96.7 Å². The molecule has 0 aliphatic heterocycles. The number of esters is 4. The molecule has 6 atom stereocenters. The second kappa shape index (κ2) is 72.9. The van der Waals surface area contributed by atoms with Crippen molar-refractivity contribution in [1.29, 1.82) is 0 Å². The zero-order valence-corrected chi connectivity index (χ0v) is 69.7. The lowest BCUT2D eigenvalue weighted by Gasteiger charge is -2.21. The van der Waals surface area contributed by atoms with Crippen molar-refractivity contribution >= 4 is 39.5 Å². The number of aliphatic hydroxyl groups excluding tert-OH is 1. The van der Waals surface area contributed by atoms with Crippen molar-refractivity contribution in [3.05, 3.63) is 0 Å². The molecular formula is C84H164O17P2. The summed E-state index contributed by atoms with van der Waals surface area (Å²) in [5, 5.41) is 10.7. The molecule has 0 radical (unpaired) electrons. The molecular weight excluding hydrogens is 1340 g/mol. The second-order valence-electron chi connectivity index (χ2n) is 31.9. The normalized spacial score (nSPS) is 14.2. The van der Waals surface area contributed by atoms with E-state index in [1.165, 1.54) is 238 Å². The highest BCUT2D eigenvalue weighted by Crippen LogP contribution is 2.45. The van der Waals surface area contributed by atoms with Crippen LogP contribution in [0.5, 0.6) is 0 Å². The van der Waals surface area contributed by atoms with Crippen molar-refractivity contribution in [2.24, 2.45) is 23.7 Å². The number of aliphatic hydroxyl groups is 1. The van der Waals surface area contributed by atoms with Gasteiger partial charge in [-0.2, -0.15) is 0 Å². The number of hydrogen-bond acceptors (Lipinski definition) is 15. The SMILES string of the molecule is CCC(C)CCCCCCCCCCCCCCCCCCCCC(=O)O[C@H](COC(=O)CCCCCCCCCCCCCCCCC(C)C)COP(=O)(O)OC[C@@H](O)COP(=O)(O)OC[C@@H](COC(=O)CCCCCCCCCCCC(C)C)OC(=O)CCCCCCCCCCCC(C)C. The molecule has 103 heavy (non-hydrogen) atoms. The first-order valence-electron chi connectivity index (χ1n) is 43.2. The Kier molecular flexibility index (Phi) is 71.5. The minimum atomic E-state index is -4.97. The predicted octanol–water partition coefficient (Wildman–Crippen LogP) is 25.2. The molecule has 19 heteroatoms. The first kappa shape index (κ1) is 101. The average molecular weight is 1510 g/mol. The highest BCUT2D eigenvalue weighted by atomic mass is 31.2. The van der Waals surface area contributed by atoms with Gasteiger partial charge in [-0.3, -0.25) is 37.3 Å². The van der Waals surface area contributed by atoms with Gasteiger partial charge in [0.1, 0.15) is 19.3 Å². The van der Waals surface area contributed by atoms with E-state index in [-0.39, 0.29) is 25.7 Å². The van der Waals surface area contributed by atoms with E-state index in [1.807, 2.05) is 0 Å². The Morgan fingerprint density at radius 2 is 0.466 bits per heavy atom. The van der Waals surface area contributed by atoms with E-state index in [0.717, 1.165) is 114 Å². The zero-order chi connectivity index (χ0) is 76.0. The quantitative estimate of drug-likeness (QED) is 0.0222. The Hall–Kier alpha value is -1.94. The van der Waals surface area contributed by atoms with Gasteiger partial charge in [0.25, 0.3) is 0 Å². The molecule has 0 spiro atoms. The third-order valence-corrected chi connectivity index (χ3v) is 21.8. The monoisotopic (exact) mass is 1510 g/mol. The minimum Gasteiger partial charge on any atom is -0.462 e. The molecule has 0 aromatic rings. The first-order valence-corrected chi connectivity index (χ1v) is 46.2. The summed E-state index contributed by atoms with van der Waals surface area (Å²) in [6.07, 6.45) is 61.1. The highest BCUT2D eigenvalue weighted by molar-refractivity contribution is 7.47. The van der Waals surface area contributed by atoms with E-state index in [0.29, 0.717) is 25.7 Å². The number of unbranched alkanes of at least 4 members (excludes halogenated alkanes) is 46. The Morgan fingerprint density at radius 3 is 0.689 bits per heavy atom. The summed E-state index contributed by atoms with van der Waals surface area (Å²) < 4.78 is 68.8. The Morgan fingerprint density at radius 1 is 0.272 bits per heavy atom. The number of rotatable bonds is 81. The summed E-state index contributed by atoms with van der Waals surface area (Å²) >= 11 is 0. The van der Waals surface area contributed by atoms with Gasteiger partial charge in [0.2, 0.25) is 0 Å². The predicted molar refractivity (Wildman–Crippen MR) is 423 cm³/mol. The van der Waals surface area contributed by atoms with Crippen LogP contribution in [0.3, 0.4) is 0 Å². The van der Waals surface area contributed by atoms with Gasteiger partial charge in [-0.25, -0.2) is 9.13 Å². The van der Waals surface area contributed by atoms with E-state index in [9.17, 15) is 43.2 Å². The maximum Gasteiger partial charge on any atom is 0.472 e. The van der Waals surface area contributed by atoms with Crippen LogP contribution in [-0.2, 0) is 65.4 Å². The van der Waals surface area contributed by atoms with E-state index in [1.54, 1.807) is 0 Å². The van der Waals surface area contributed by atoms with Crippen molar-refractivity contribution in [3.63, 3.8) is 0 Å². The number of phosphoric acid groups is 2. The van der Waals surface area contributed by atoms with Crippen molar-refractivity contribution < 1.29 is 80.2 Å². The smallest absolute Gasteiger partial charge is 0.462 e. The van der Waals surface area contributed by atoms with Gasteiger partial charge >= 0.3 is 39.5 Å². The Labute approximate surface area is 632 Å². The number of ether oxygens (including phenoxy) is 4. The van der Waals surface area contributed by atoms with E-state index in [4.69, 9.17) is 37.0 Å². The fourth-order valence-corrected chi connectivity index (χ4v) is 14.5. The number of phosphoric ester groups is 2. The molecule has 0 aromatic heterocycles. The van der Waals surface area contributed by atoms with Crippen LogP contribution in [0, 0.1) is 23.7 Å². The Balaban J connectivity index is 5.23. The van der Waals surface area contributed by atoms with Crippen molar-refractivity contribution in [1.82, 2.24) is 0 Å². The van der Waals surface area contributed by atoms with Gasteiger partial charge in [-0.15, -0.1) is 0 Å². The van der Waals surface area contributed by atoms with Gasteiger partial charge in [-0.1, -0.05) is 383 Å². The number of carbonyl (C=O) groups excluding carboxylic acids is 4. The molecule has 3 N–H and O–H groups in total. The lowest BCUT2D eigenvalue weighted by atomic mass is 9.99. The van der Waals surface area contributed by atoms with Gasteiger partial charge < -0.3 is 33.8 Å². The first-order chi connectivity index (χ1) is 49.6. The summed E-state index contributed by atoms with van der Waals surface area (Å²) in [7, 11) is -9.93. The number of carbonyl (C=O) groups is 4. The zero-order valence-electron chi connectivity index (χ0n) is 68.0. The van der Waals surface area contributed by atoms with Crippen LogP contribution in [0.15, 0.2) is 0 Å². The van der Waals surface area contributed by atoms with E-state index < -0.39 is 97.5 Å². The van der Waals surface area contributed by atoms with Crippen LogP contribution in [0.1, 0.15) is 434 Å². The van der Waals surface area contributed by atoms with Gasteiger partial charge in [-0.05, 0) is 49.4 Å². The van der Waals surface area contributed by atoms with Crippen molar-refractivity contribution in [3.8, 4) is 0 Å². The minimum absolute atomic E-state index is 0.105. The summed E-state index contributed by atoms with van der Waals surface area (Å²) in [5.74, 6) is 1.04. The molecule has 612 valence electrons. The van der Waals surface area contributed by atoms with Gasteiger partial charge in [0, 0.05) is 25.7 Å². The largest absolute Gasteiger partial charge is 0.472 e. The maximum atomic E-state index is 13.1. The molecule has 0 rings (SSSR count). The van der Waals surface area contributed by atoms with Crippen LogP contribution in [0.4, 0.5) is 0 Å². The molecule has 0 saturated heterocycles. The molecule has 0 aliphatic carbocycles. The number of hydrogen-bond donors (Lipinski definition) is 3. The van der Waals surface area contributed by atoms with Crippen LogP contribution in [0.25, 0.3) is 0 Å². The molecule has 3 unspecified atom stereocenters. The fourth-order valence-electron chi connectivity index (χ4n) is 12.9. The standard InChI is InChI=1S/C84H164O17P2/c1-9-77(8)63-55-47-39-31-23-19-14-12-10-11-13-15-21-25-33-42-50-58-66-83(88)100-79(70-94-81(86)64-56-48-40-32-24-20-17-16-18-22-28-36-44-52-60-74(2)3)72-98-102(90,91)96-68-78(85)69-97-103(92,93)99-73-80(101-84(89)67-59-51-43-35-27-30-38-46-54-62-76(6)7)71-95-82(87)65-57-49-41-34-26-29-37-45-53-61-75(4)5/h74-80,85H,9-73H2,1-8H3,(H,90,91)(H,92,93)/t77?,78-,79-,80-/m1/s1. The molecule has 0 saturated carbocycles. The van der Waals surface area contributed by atoms with Crippen molar-refractivity contribution in [2.75, 3.05) is 39.6 Å². The lowest BCUT2D eigenvalue weighted by molar-refractivity contribution is -0.161. The fraction of sp³-hybridized carbons (Fsp3) is 0.952. The van der Waals surface area contributed by atoms with Crippen LogP contribution in [0.2, 0.25) is 0 Å². The Bertz CT molecular complexity index is 2010. The third-order valence-electron chi connectivity index (χ3n) is 19.9. The lowest BCUT2D eigenvalue weighted by Crippen LogP contribution is -2.30. The highest BCUT2D eigenvalue weighted by Gasteiger charge is 2.30. The third kappa shape index (κ3) is 76.6. The molecule has 0 fully saturated rings. The molecule has 17 nitrogen and oxygen atoms in total.